The molecule has 0 saturated carbocycles. The normalized spacial score (nSPS) is 10.6. The van der Waals surface area contributed by atoms with E-state index in [0.29, 0.717) is 14.9 Å². The number of hydrogen-bond acceptors (Lipinski definition) is 7. The zero-order chi connectivity index (χ0) is 14.9. The van der Waals surface area contributed by atoms with Gasteiger partial charge in [0.2, 0.25) is 5.13 Å². The van der Waals surface area contributed by atoms with Crippen LogP contribution in [0.3, 0.4) is 0 Å². The van der Waals surface area contributed by atoms with E-state index >= 15 is 0 Å². The smallest absolute Gasteiger partial charge is 0.338 e. The topological polar surface area (TPSA) is 79.2 Å². The maximum absolute atomic E-state index is 11.4. The Bertz CT molecular complexity index is 655. The first kappa shape index (κ1) is 14.7. The molecule has 6 nitrogen and oxygen atoms in total. The molecule has 20 heavy (non-hydrogen) atoms. The molecule has 0 saturated heterocycles. The highest BCUT2D eigenvalue weighted by Crippen LogP contribution is 2.35. The molecule has 0 fully saturated rings. The molecule has 0 aliphatic heterocycles. The van der Waals surface area contributed by atoms with Crippen molar-refractivity contribution in [3.8, 4) is 0 Å². The SMILES string of the molecule is Cc1cc(Sc2nnc(N(C)C)s2)c(C(=O)O)c(C)n1. The summed E-state index contributed by atoms with van der Waals surface area (Å²) in [5.41, 5.74) is 1.52. The van der Waals surface area contributed by atoms with E-state index in [1.54, 1.807) is 13.0 Å². The standard InChI is InChI=1S/C12H14N4O2S2/c1-6-5-8(9(10(17)18)7(2)13-6)19-12-15-14-11(20-12)16(3)4/h5H,1-4H3,(H,17,18). The van der Waals surface area contributed by atoms with Crippen molar-refractivity contribution >= 4 is 34.2 Å². The molecule has 0 unspecified atom stereocenters. The molecule has 0 atom stereocenters. The van der Waals surface area contributed by atoms with Crippen LogP contribution in [-0.2, 0) is 0 Å². The van der Waals surface area contributed by atoms with Crippen molar-refractivity contribution in [3.05, 3.63) is 23.0 Å². The highest BCUT2D eigenvalue weighted by molar-refractivity contribution is 8.01. The Balaban J connectivity index is 2.39. The number of hydrogen-bond donors (Lipinski definition) is 1. The number of rotatable bonds is 4. The van der Waals surface area contributed by atoms with Gasteiger partial charge in [-0.3, -0.25) is 4.98 Å². The van der Waals surface area contributed by atoms with Crippen LogP contribution in [0.2, 0.25) is 0 Å². The molecular weight excluding hydrogens is 296 g/mol. The van der Waals surface area contributed by atoms with Gasteiger partial charge in [-0.2, -0.15) is 0 Å². The fraction of sp³-hybridized carbons (Fsp3) is 0.333. The lowest BCUT2D eigenvalue weighted by Crippen LogP contribution is -2.07. The second-order valence-corrected chi connectivity index (χ2v) is 6.62. The zero-order valence-corrected chi connectivity index (χ0v) is 13.2. The third-order valence-corrected chi connectivity index (χ3v) is 4.67. The van der Waals surface area contributed by atoms with Crippen molar-refractivity contribution in [1.82, 2.24) is 15.2 Å². The summed E-state index contributed by atoms with van der Waals surface area (Å²) >= 11 is 2.73. The Morgan fingerprint density at radius 1 is 1.35 bits per heavy atom. The lowest BCUT2D eigenvalue weighted by molar-refractivity contribution is 0.0691. The van der Waals surface area contributed by atoms with E-state index in [1.807, 2.05) is 25.9 Å². The van der Waals surface area contributed by atoms with Gasteiger partial charge in [-0.05, 0) is 19.9 Å². The Kier molecular flexibility index (Phi) is 4.24. The molecule has 0 spiro atoms. The predicted octanol–water partition coefficient (Wildman–Crippen LogP) is 2.47. The third-order valence-electron chi connectivity index (χ3n) is 2.48. The van der Waals surface area contributed by atoms with Gasteiger partial charge in [0.1, 0.15) is 0 Å². The number of aryl methyl sites for hydroxylation is 2. The van der Waals surface area contributed by atoms with Crippen LogP contribution < -0.4 is 4.90 Å². The molecule has 106 valence electrons. The van der Waals surface area contributed by atoms with Crippen LogP contribution in [0.1, 0.15) is 21.7 Å². The fourth-order valence-electron chi connectivity index (χ4n) is 1.65. The third kappa shape index (κ3) is 3.07. The molecule has 2 heterocycles. The average Bonchev–Trinajstić information content (AvgIpc) is 2.75. The van der Waals surface area contributed by atoms with Crippen molar-refractivity contribution in [3.63, 3.8) is 0 Å². The molecule has 0 amide bonds. The van der Waals surface area contributed by atoms with E-state index in [2.05, 4.69) is 15.2 Å². The zero-order valence-electron chi connectivity index (χ0n) is 11.5. The number of nitrogens with zero attached hydrogens (tertiary/aromatic N) is 4. The summed E-state index contributed by atoms with van der Waals surface area (Å²) in [6.45, 7) is 3.54. The van der Waals surface area contributed by atoms with Crippen molar-refractivity contribution < 1.29 is 9.90 Å². The van der Waals surface area contributed by atoms with E-state index in [4.69, 9.17) is 0 Å². The average molecular weight is 310 g/mol. The molecule has 2 aromatic rings. The Morgan fingerprint density at radius 2 is 2.05 bits per heavy atom. The Labute approximate surface area is 124 Å². The monoisotopic (exact) mass is 310 g/mol. The number of carboxylic acids is 1. The van der Waals surface area contributed by atoms with Gasteiger partial charge >= 0.3 is 5.97 Å². The van der Waals surface area contributed by atoms with Crippen molar-refractivity contribution in [2.75, 3.05) is 19.0 Å². The van der Waals surface area contributed by atoms with Crippen molar-refractivity contribution in [2.24, 2.45) is 0 Å². The predicted molar refractivity (Wildman–Crippen MR) is 79.0 cm³/mol. The minimum atomic E-state index is -0.977. The van der Waals surface area contributed by atoms with Crippen molar-refractivity contribution in [1.29, 1.82) is 0 Å². The molecule has 1 N–H and O–H groups in total. The number of aromatic carboxylic acids is 1. The fourth-order valence-corrected chi connectivity index (χ4v) is 3.65. The van der Waals surface area contributed by atoms with Gasteiger partial charge in [0.15, 0.2) is 4.34 Å². The Hall–Kier alpha value is -1.67. The molecule has 0 aromatic carbocycles. The number of carboxylic acid groups (broad SMARTS) is 1. The van der Waals surface area contributed by atoms with Crippen LogP contribution >= 0.6 is 23.1 Å². The quantitative estimate of drug-likeness (QED) is 0.929. The van der Waals surface area contributed by atoms with Gasteiger partial charge in [0, 0.05) is 24.7 Å². The maximum Gasteiger partial charge on any atom is 0.338 e. The van der Waals surface area contributed by atoms with Crippen LogP contribution in [0.15, 0.2) is 15.3 Å². The first-order chi connectivity index (χ1) is 9.38. The summed E-state index contributed by atoms with van der Waals surface area (Å²) in [5, 5.41) is 18.2. The Morgan fingerprint density at radius 3 is 2.60 bits per heavy atom. The molecular formula is C12H14N4O2S2. The van der Waals surface area contributed by atoms with Crippen molar-refractivity contribution in [2.45, 2.75) is 23.1 Å². The summed E-state index contributed by atoms with van der Waals surface area (Å²) in [7, 11) is 3.77. The second-order valence-electron chi connectivity index (χ2n) is 4.37. The lowest BCUT2D eigenvalue weighted by atomic mass is 10.2. The van der Waals surface area contributed by atoms with Gasteiger partial charge in [-0.15, -0.1) is 10.2 Å². The summed E-state index contributed by atoms with van der Waals surface area (Å²) in [6.07, 6.45) is 0. The maximum atomic E-state index is 11.4. The summed E-state index contributed by atoms with van der Waals surface area (Å²) in [4.78, 5) is 18.1. The van der Waals surface area contributed by atoms with E-state index in [0.717, 1.165) is 10.8 Å². The minimum absolute atomic E-state index is 0.224. The number of aromatic nitrogens is 3. The minimum Gasteiger partial charge on any atom is -0.478 e. The highest BCUT2D eigenvalue weighted by atomic mass is 32.2. The lowest BCUT2D eigenvalue weighted by Gasteiger charge is -2.08. The molecule has 0 bridgehead atoms. The van der Waals surface area contributed by atoms with Gasteiger partial charge in [0.25, 0.3) is 0 Å². The van der Waals surface area contributed by atoms with Crippen LogP contribution in [0.4, 0.5) is 5.13 Å². The second kappa shape index (κ2) is 5.76. The number of pyridine rings is 1. The van der Waals surface area contributed by atoms with Gasteiger partial charge in [-0.25, -0.2) is 4.79 Å². The first-order valence-corrected chi connectivity index (χ1v) is 7.42. The molecule has 2 aromatic heterocycles. The van der Waals surface area contributed by atoms with E-state index in [1.165, 1.54) is 23.1 Å². The number of anilines is 1. The van der Waals surface area contributed by atoms with E-state index in [-0.39, 0.29) is 5.56 Å². The van der Waals surface area contributed by atoms with Crippen LogP contribution in [0.5, 0.6) is 0 Å². The molecule has 0 radical (unpaired) electrons. The molecule has 2 rings (SSSR count). The largest absolute Gasteiger partial charge is 0.478 e. The van der Waals surface area contributed by atoms with Gasteiger partial charge in [-0.1, -0.05) is 23.1 Å². The van der Waals surface area contributed by atoms with Gasteiger partial charge < -0.3 is 10.0 Å². The van der Waals surface area contributed by atoms with Gasteiger partial charge in [0.05, 0.1) is 11.3 Å². The first-order valence-electron chi connectivity index (χ1n) is 5.78. The van der Waals surface area contributed by atoms with Crippen LogP contribution in [0, 0.1) is 13.8 Å². The summed E-state index contributed by atoms with van der Waals surface area (Å²) in [5.74, 6) is -0.977. The van der Waals surface area contributed by atoms with E-state index in [9.17, 15) is 9.90 Å². The highest BCUT2D eigenvalue weighted by Gasteiger charge is 2.18. The summed E-state index contributed by atoms with van der Waals surface area (Å²) in [6, 6.07) is 1.76. The van der Waals surface area contributed by atoms with E-state index < -0.39 is 5.97 Å². The van der Waals surface area contributed by atoms with Crippen LogP contribution in [0.25, 0.3) is 0 Å². The summed E-state index contributed by atoms with van der Waals surface area (Å²) < 4.78 is 0.709. The number of carbonyl (C=O) groups is 1. The molecule has 8 heteroatoms. The molecule has 0 aliphatic rings. The molecule has 0 aliphatic carbocycles. The van der Waals surface area contributed by atoms with Crippen LogP contribution in [-0.4, -0.2) is 40.4 Å².